The Morgan fingerprint density at radius 2 is 1.71 bits per heavy atom. The molecule has 6 unspecified atom stereocenters. The third kappa shape index (κ3) is 4.64. The van der Waals surface area contributed by atoms with Crippen LogP contribution in [0.25, 0.3) is 0 Å². The fourth-order valence-corrected chi connectivity index (χ4v) is 8.67. The molecular weight excluding hydrogens is 680 g/mol. The zero-order valence-corrected chi connectivity index (χ0v) is 27.5. The minimum Gasteiger partial charge on any atom is -0.505 e. The van der Waals surface area contributed by atoms with Crippen molar-refractivity contribution in [2.45, 2.75) is 24.2 Å². The van der Waals surface area contributed by atoms with E-state index in [-0.39, 0.29) is 29.1 Å². The summed E-state index contributed by atoms with van der Waals surface area (Å²) in [4.78, 5) is 70.1. The summed E-state index contributed by atoms with van der Waals surface area (Å²) in [5.74, 6) is -9.47. The number of nitrogens with zero attached hydrogens (tertiary/aromatic N) is 2. The summed E-state index contributed by atoms with van der Waals surface area (Å²) in [5, 5.41) is 12.6. The van der Waals surface area contributed by atoms with E-state index in [2.05, 4.69) is 5.43 Å². The standard InChI is InChI=1S/C35H28Cl2FN3O8/c1-48-18-9-6-16(7-10-18)35-23(31(44)41(33(35)46)39-26-13-8-17(36)14-24(26)37)15-22-19(28(35)21-4-3-5-25(38)29(21)42)11-12-20-27(22)32(45)40(30(20)43)34(47)49-2/h3-11,13-14,20,22-23,27-28,39,42H,12,15H2,1-2H3. The number of carbonyl (C=O) groups excluding carboxylic acids is 5. The largest absolute Gasteiger partial charge is 0.505 e. The van der Waals surface area contributed by atoms with Crippen molar-refractivity contribution in [3.05, 3.63) is 99.3 Å². The number of hydrogen-bond donors (Lipinski definition) is 2. The number of phenolic OH excluding ortho intramolecular Hbond substituents is 1. The Morgan fingerprint density at radius 1 is 0.980 bits per heavy atom. The van der Waals surface area contributed by atoms with Crippen LogP contribution in [0.3, 0.4) is 0 Å². The van der Waals surface area contributed by atoms with Crippen LogP contribution in [0.4, 0.5) is 14.9 Å². The van der Waals surface area contributed by atoms with Crippen molar-refractivity contribution < 1.29 is 42.9 Å². The van der Waals surface area contributed by atoms with E-state index >= 15 is 9.18 Å². The van der Waals surface area contributed by atoms with Crippen LogP contribution in [0.2, 0.25) is 10.0 Å². The maximum Gasteiger partial charge on any atom is 0.423 e. The van der Waals surface area contributed by atoms with E-state index in [1.165, 1.54) is 37.4 Å². The molecule has 1 saturated carbocycles. The normalized spacial score (nSPS) is 27.4. The highest BCUT2D eigenvalue weighted by molar-refractivity contribution is 6.36. The van der Waals surface area contributed by atoms with E-state index in [1.54, 1.807) is 30.3 Å². The molecular formula is C35H28Cl2FN3O8. The summed E-state index contributed by atoms with van der Waals surface area (Å²) in [6.45, 7) is 0. The Bertz CT molecular complexity index is 1990. The fourth-order valence-electron chi connectivity index (χ4n) is 8.22. The van der Waals surface area contributed by atoms with Crippen molar-refractivity contribution in [2.24, 2.45) is 23.7 Å². The molecule has 3 fully saturated rings. The first-order chi connectivity index (χ1) is 23.4. The molecule has 2 heterocycles. The highest BCUT2D eigenvalue weighted by Gasteiger charge is 2.71. The van der Waals surface area contributed by atoms with Gasteiger partial charge in [0.05, 0.1) is 48.1 Å². The van der Waals surface area contributed by atoms with Gasteiger partial charge in [-0.05, 0) is 60.7 Å². The van der Waals surface area contributed by atoms with Gasteiger partial charge in [0.25, 0.3) is 11.8 Å². The van der Waals surface area contributed by atoms with Gasteiger partial charge in [-0.1, -0.05) is 59.1 Å². The third-order valence-electron chi connectivity index (χ3n) is 10.3. The number of benzene rings is 3. The fraction of sp³-hybridized carbons (Fsp3) is 0.286. The quantitative estimate of drug-likeness (QED) is 0.256. The number of aromatic hydroxyl groups is 1. The summed E-state index contributed by atoms with van der Waals surface area (Å²) in [6, 6.07) is 14.9. The predicted octanol–water partition coefficient (Wildman–Crippen LogP) is 5.60. The number of rotatable bonds is 5. The van der Waals surface area contributed by atoms with Crippen LogP contribution in [-0.2, 0) is 29.3 Å². The van der Waals surface area contributed by atoms with Gasteiger partial charge in [-0.15, -0.1) is 0 Å². The second-order valence-corrected chi connectivity index (χ2v) is 13.2. The van der Waals surface area contributed by atoms with Crippen molar-refractivity contribution in [3.63, 3.8) is 0 Å². The number of hydrogen-bond acceptors (Lipinski definition) is 9. The van der Waals surface area contributed by atoms with Crippen LogP contribution in [0.15, 0.2) is 72.3 Å². The van der Waals surface area contributed by atoms with E-state index < -0.39 is 76.3 Å². The number of methoxy groups -OCH3 is 2. The highest BCUT2D eigenvalue weighted by Crippen LogP contribution is 2.65. The summed E-state index contributed by atoms with van der Waals surface area (Å²) in [6.07, 6.45) is 0.486. The summed E-state index contributed by atoms with van der Waals surface area (Å²) >= 11 is 12.5. The molecule has 14 heteroatoms. The van der Waals surface area contributed by atoms with Crippen molar-refractivity contribution in [3.8, 4) is 11.5 Å². The van der Waals surface area contributed by atoms with E-state index in [0.717, 1.165) is 18.2 Å². The van der Waals surface area contributed by atoms with Gasteiger partial charge < -0.3 is 14.6 Å². The zero-order chi connectivity index (χ0) is 34.9. The van der Waals surface area contributed by atoms with E-state index in [1.807, 2.05) is 0 Å². The Morgan fingerprint density at radius 3 is 2.39 bits per heavy atom. The van der Waals surface area contributed by atoms with Crippen molar-refractivity contribution >= 4 is 58.6 Å². The number of halogens is 3. The Kier molecular flexibility index (Phi) is 7.91. The average molecular weight is 709 g/mol. The lowest BCUT2D eigenvalue weighted by Crippen LogP contribution is -2.53. The van der Waals surface area contributed by atoms with Crippen LogP contribution < -0.4 is 10.2 Å². The van der Waals surface area contributed by atoms with E-state index in [0.29, 0.717) is 26.8 Å². The molecule has 6 atom stereocenters. The maximum atomic E-state index is 15.2. The van der Waals surface area contributed by atoms with E-state index in [4.69, 9.17) is 32.7 Å². The van der Waals surface area contributed by atoms with Crippen molar-refractivity contribution in [1.82, 2.24) is 9.91 Å². The zero-order valence-electron chi connectivity index (χ0n) is 26.0. The summed E-state index contributed by atoms with van der Waals surface area (Å²) in [7, 11) is 2.53. The number of para-hydroxylation sites is 1. The lowest BCUT2D eigenvalue weighted by Gasteiger charge is -2.50. The molecule has 252 valence electrons. The molecule has 4 aliphatic rings. The topological polar surface area (TPSA) is 143 Å². The highest BCUT2D eigenvalue weighted by atomic mass is 35.5. The maximum absolute atomic E-state index is 15.2. The molecule has 0 aromatic heterocycles. The van der Waals surface area contributed by atoms with Gasteiger partial charge in [-0.2, -0.15) is 9.91 Å². The van der Waals surface area contributed by atoms with Gasteiger partial charge in [0.2, 0.25) is 11.8 Å². The van der Waals surface area contributed by atoms with E-state index in [9.17, 15) is 24.3 Å². The number of allylic oxidation sites excluding steroid dienone is 2. The lowest BCUT2D eigenvalue weighted by molar-refractivity contribution is -0.140. The first-order valence-corrected chi connectivity index (χ1v) is 16.1. The summed E-state index contributed by atoms with van der Waals surface area (Å²) < 4.78 is 25.3. The van der Waals surface area contributed by atoms with Gasteiger partial charge in [0, 0.05) is 16.5 Å². The first-order valence-electron chi connectivity index (χ1n) is 15.3. The molecule has 2 aliphatic carbocycles. The van der Waals surface area contributed by atoms with Crippen LogP contribution >= 0.6 is 23.2 Å². The Hall–Kier alpha value is -4.94. The molecule has 11 nitrogen and oxygen atoms in total. The average Bonchev–Trinajstić information content (AvgIpc) is 3.47. The van der Waals surface area contributed by atoms with Crippen molar-refractivity contribution in [1.29, 1.82) is 0 Å². The van der Waals surface area contributed by atoms with Crippen molar-refractivity contribution in [2.75, 3.05) is 19.6 Å². The molecule has 0 spiro atoms. The number of likely N-dealkylation sites (tertiary alicyclic amines) is 1. The van der Waals surface area contributed by atoms with Crippen LogP contribution in [-0.4, -0.2) is 59.0 Å². The number of phenols is 1. The molecule has 5 amide bonds. The van der Waals surface area contributed by atoms with Crippen LogP contribution in [0.5, 0.6) is 11.5 Å². The van der Waals surface area contributed by atoms with Gasteiger partial charge in [0.1, 0.15) is 5.75 Å². The molecule has 0 radical (unpaired) electrons. The number of carbonyl (C=O) groups is 5. The molecule has 7 rings (SSSR count). The number of ether oxygens (including phenoxy) is 2. The summed E-state index contributed by atoms with van der Waals surface area (Å²) in [5.41, 5.74) is 2.07. The van der Waals surface area contributed by atoms with Gasteiger partial charge in [0.15, 0.2) is 11.6 Å². The third-order valence-corrected chi connectivity index (χ3v) is 10.8. The second kappa shape index (κ2) is 11.9. The number of imide groups is 4. The predicted molar refractivity (Wildman–Crippen MR) is 173 cm³/mol. The first kappa shape index (κ1) is 32.6. The lowest BCUT2D eigenvalue weighted by atomic mass is 9.49. The number of nitrogens with one attached hydrogen (secondary N) is 1. The Balaban J connectivity index is 1.47. The van der Waals surface area contributed by atoms with Crippen LogP contribution in [0, 0.1) is 29.5 Å². The Labute approximate surface area is 289 Å². The number of amides is 5. The van der Waals surface area contributed by atoms with Crippen LogP contribution in [0.1, 0.15) is 29.9 Å². The van der Waals surface area contributed by atoms with Gasteiger partial charge in [-0.25, -0.2) is 9.18 Å². The minimum absolute atomic E-state index is 0.00402. The second-order valence-electron chi connectivity index (χ2n) is 12.4. The molecule has 0 bridgehead atoms. The SMILES string of the molecule is COC(=O)N1C(=O)C2CC=C3C(CC4C(=O)N(Nc5ccc(Cl)cc5Cl)C(=O)C4(c4ccc(OC)cc4)C3c3cccc(F)c3O)C2C1=O. The number of fused-ring (bicyclic) bond motifs is 4. The molecule has 2 N–H and O–H groups in total. The minimum atomic E-state index is -1.80. The molecule has 2 saturated heterocycles. The van der Waals surface area contributed by atoms with Gasteiger partial charge >= 0.3 is 6.09 Å². The monoisotopic (exact) mass is 707 g/mol. The molecule has 2 aliphatic heterocycles. The molecule has 3 aromatic carbocycles. The molecule has 3 aromatic rings. The number of anilines is 1. The smallest absolute Gasteiger partial charge is 0.423 e. The molecule has 49 heavy (non-hydrogen) atoms. The number of hydrazine groups is 1. The van der Waals surface area contributed by atoms with Gasteiger partial charge in [-0.3, -0.25) is 24.6 Å².